The van der Waals surface area contributed by atoms with Gasteiger partial charge in [-0.2, -0.15) is 0 Å². The first kappa shape index (κ1) is 15.0. The van der Waals surface area contributed by atoms with Crippen molar-refractivity contribution >= 4 is 23.8 Å². The zero-order valence-corrected chi connectivity index (χ0v) is 11.5. The first-order chi connectivity index (χ1) is 10.0. The van der Waals surface area contributed by atoms with E-state index in [0.29, 0.717) is 13.0 Å². The van der Waals surface area contributed by atoms with Crippen molar-refractivity contribution in [3.63, 3.8) is 0 Å². The monoisotopic (exact) mass is 296 g/mol. The van der Waals surface area contributed by atoms with E-state index >= 15 is 0 Å². The predicted molar refractivity (Wildman–Crippen MR) is 68.8 cm³/mol. The molecule has 0 aromatic carbocycles. The Hall–Kier alpha value is -2.38. The van der Waals surface area contributed by atoms with Gasteiger partial charge in [-0.3, -0.25) is 9.59 Å². The number of methoxy groups -OCH3 is 1. The van der Waals surface area contributed by atoms with Crippen LogP contribution in [0.15, 0.2) is 12.2 Å². The van der Waals surface area contributed by atoms with Gasteiger partial charge in [0.25, 0.3) is 0 Å². The Balaban J connectivity index is 1.87. The van der Waals surface area contributed by atoms with Crippen molar-refractivity contribution in [1.29, 1.82) is 0 Å². The number of amides is 2. The van der Waals surface area contributed by atoms with Crippen LogP contribution in [0.3, 0.4) is 0 Å². The molecule has 0 aromatic rings. The number of carbonyl (C=O) groups excluding carboxylic acids is 4. The number of nitrogens with one attached hydrogen (secondary N) is 1. The number of hydrogen-bond donors (Lipinski definition) is 1. The molecule has 8 heteroatoms. The average Bonchev–Trinajstić information content (AvgIpc) is 2.97. The van der Waals surface area contributed by atoms with E-state index in [1.807, 2.05) is 0 Å². The van der Waals surface area contributed by atoms with E-state index < -0.39 is 24.0 Å². The molecule has 8 nitrogen and oxygen atoms in total. The molecule has 1 N–H and O–H groups in total. The number of fused-ring (bicyclic) bond motifs is 1. The summed E-state index contributed by atoms with van der Waals surface area (Å²) in [6, 6.07) is -1.27. The molecule has 0 saturated carbocycles. The highest BCUT2D eigenvalue weighted by Crippen LogP contribution is 2.21. The summed E-state index contributed by atoms with van der Waals surface area (Å²) in [5, 5.41) is 2.55. The molecule has 0 radical (unpaired) electrons. The van der Waals surface area contributed by atoms with Crippen molar-refractivity contribution < 1.29 is 28.7 Å². The van der Waals surface area contributed by atoms with E-state index in [0.717, 1.165) is 18.6 Å². The summed E-state index contributed by atoms with van der Waals surface area (Å²) in [5.74, 6) is -1.94. The quantitative estimate of drug-likeness (QED) is 0.513. The van der Waals surface area contributed by atoms with E-state index in [-0.39, 0.29) is 18.4 Å². The summed E-state index contributed by atoms with van der Waals surface area (Å²) in [7, 11) is 1.18. The van der Waals surface area contributed by atoms with Crippen molar-refractivity contribution in [3.05, 3.63) is 12.2 Å². The Morgan fingerprint density at radius 1 is 1.33 bits per heavy atom. The maximum Gasteiger partial charge on any atom is 0.331 e. The van der Waals surface area contributed by atoms with Crippen molar-refractivity contribution in [1.82, 2.24) is 10.2 Å². The maximum absolute atomic E-state index is 12.1. The summed E-state index contributed by atoms with van der Waals surface area (Å²) >= 11 is 0. The van der Waals surface area contributed by atoms with Gasteiger partial charge in [0.05, 0.1) is 7.11 Å². The summed E-state index contributed by atoms with van der Waals surface area (Å²) in [5.41, 5.74) is 0. The number of nitrogens with zero attached hydrogens (tertiary/aromatic N) is 1. The summed E-state index contributed by atoms with van der Waals surface area (Å²) in [6.45, 7) is 0.280. The molecule has 21 heavy (non-hydrogen) atoms. The van der Waals surface area contributed by atoms with Gasteiger partial charge < -0.3 is 19.7 Å². The first-order valence-electron chi connectivity index (χ1n) is 6.56. The Bertz CT molecular complexity index is 501. The molecule has 0 bridgehead atoms. The molecule has 0 aliphatic carbocycles. The van der Waals surface area contributed by atoms with Crippen LogP contribution in [-0.2, 0) is 28.7 Å². The molecule has 2 fully saturated rings. The fraction of sp³-hybridized carbons (Fsp3) is 0.538. The zero-order chi connectivity index (χ0) is 15.4. The van der Waals surface area contributed by atoms with Gasteiger partial charge >= 0.3 is 11.9 Å². The second-order valence-electron chi connectivity index (χ2n) is 4.74. The van der Waals surface area contributed by atoms with E-state index in [9.17, 15) is 19.2 Å². The number of carbonyl (C=O) groups is 4. The lowest BCUT2D eigenvalue weighted by molar-refractivity contribution is -0.151. The van der Waals surface area contributed by atoms with Crippen LogP contribution in [0.5, 0.6) is 0 Å². The molecule has 2 rings (SSSR count). The van der Waals surface area contributed by atoms with Gasteiger partial charge in [0.1, 0.15) is 18.7 Å². The second kappa shape index (κ2) is 6.38. The Labute approximate surface area is 121 Å². The smallest absolute Gasteiger partial charge is 0.331 e. The average molecular weight is 296 g/mol. The number of ether oxygens (including phenoxy) is 2. The molecule has 2 unspecified atom stereocenters. The standard InChI is InChI=1S/C13H16N2O6/c1-20-10(16)4-5-11(17)21-7-8-13(19)15-6-2-3-9(15)12(18)14-8/h4-5,8-9H,2-3,6-7H2,1H3,(H,14,18)/b5-4+. The number of esters is 2. The third kappa shape index (κ3) is 3.39. The summed E-state index contributed by atoms with van der Waals surface area (Å²) < 4.78 is 9.17. The minimum absolute atomic E-state index is 0.224. The summed E-state index contributed by atoms with van der Waals surface area (Å²) in [6.07, 6.45) is 3.27. The van der Waals surface area contributed by atoms with Crippen LogP contribution >= 0.6 is 0 Å². The van der Waals surface area contributed by atoms with Crippen LogP contribution in [0.4, 0.5) is 0 Å². The molecule has 2 aliphatic heterocycles. The highest BCUT2D eigenvalue weighted by atomic mass is 16.5. The number of rotatable bonds is 4. The van der Waals surface area contributed by atoms with Crippen LogP contribution in [0.2, 0.25) is 0 Å². The van der Waals surface area contributed by atoms with Gasteiger partial charge in [0.15, 0.2) is 0 Å². The molecule has 114 valence electrons. The Morgan fingerprint density at radius 2 is 2.05 bits per heavy atom. The second-order valence-corrected chi connectivity index (χ2v) is 4.74. The SMILES string of the molecule is COC(=O)/C=C/C(=O)OCC1NC(=O)C2CCCN2C1=O. The van der Waals surface area contributed by atoms with Crippen molar-refractivity contribution in [2.45, 2.75) is 24.9 Å². The lowest BCUT2D eigenvalue weighted by atomic mass is 10.1. The molecule has 2 atom stereocenters. The van der Waals surface area contributed by atoms with Gasteiger partial charge in [-0.25, -0.2) is 9.59 Å². The largest absolute Gasteiger partial charge is 0.466 e. The molecule has 2 heterocycles. The van der Waals surface area contributed by atoms with E-state index in [2.05, 4.69) is 10.1 Å². The Morgan fingerprint density at radius 3 is 2.76 bits per heavy atom. The topological polar surface area (TPSA) is 102 Å². The molecule has 2 saturated heterocycles. The van der Waals surface area contributed by atoms with Crippen molar-refractivity contribution in [2.75, 3.05) is 20.3 Å². The lowest BCUT2D eigenvalue weighted by Crippen LogP contribution is -2.62. The van der Waals surface area contributed by atoms with Crippen molar-refractivity contribution in [2.24, 2.45) is 0 Å². The third-order valence-electron chi connectivity index (χ3n) is 3.40. The Kier molecular flexibility index (Phi) is 4.56. The van der Waals surface area contributed by atoms with Gasteiger partial charge in [-0.15, -0.1) is 0 Å². The molecule has 0 aromatic heterocycles. The first-order valence-corrected chi connectivity index (χ1v) is 6.56. The third-order valence-corrected chi connectivity index (χ3v) is 3.40. The van der Waals surface area contributed by atoms with Crippen molar-refractivity contribution in [3.8, 4) is 0 Å². The molecule has 2 amide bonds. The van der Waals surface area contributed by atoms with Gasteiger partial charge in [-0.1, -0.05) is 0 Å². The maximum atomic E-state index is 12.1. The highest BCUT2D eigenvalue weighted by Gasteiger charge is 2.43. The van der Waals surface area contributed by atoms with Gasteiger partial charge in [0.2, 0.25) is 11.8 Å². The van der Waals surface area contributed by atoms with Crippen LogP contribution < -0.4 is 5.32 Å². The fourth-order valence-corrected chi connectivity index (χ4v) is 2.36. The molecular formula is C13H16N2O6. The number of piperazine rings is 1. The normalized spacial score (nSPS) is 24.7. The van der Waals surface area contributed by atoms with Crippen LogP contribution in [0.25, 0.3) is 0 Å². The molecule has 0 spiro atoms. The highest BCUT2D eigenvalue weighted by molar-refractivity contribution is 5.97. The van der Waals surface area contributed by atoms with Crippen LogP contribution in [0.1, 0.15) is 12.8 Å². The van der Waals surface area contributed by atoms with Gasteiger partial charge in [0, 0.05) is 18.7 Å². The fourth-order valence-electron chi connectivity index (χ4n) is 2.36. The summed E-state index contributed by atoms with van der Waals surface area (Å²) in [4.78, 5) is 47.6. The van der Waals surface area contributed by atoms with Gasteiger partial charge in [-0.05, 0) is 12.8 Å². The molecular weight excluding hydrogens is 280 g/mol. The zero-order valence-electron chi connectivity index (χ0n) is 11.5. The van der Waals surface area contributed by atoms with Crippen LogP contribution in [0, 0.1) is 0 Å². The van der Waals surface area contributed by atoms with E-state index in [1.165, 1.54) is 12.0 Å². The predicted octanol–water partition coefficient (Wildman–Crippen LogP) is -1.25. The van der Waals surface area contributed by atoms with E-state index in [4.69, 9.17) is 4.74 Å². The van der Waals surface area contributed by atoms with E-state index in [1.54, 1.807) is 0 Å². The minimum atomic E-state index is -0.873. The van der Waals surface area contributed by atoms with Crippen LogP contribution in [-0.4, -0.2) is 61.0 Å². The number of hydrogen-bond acceptors (Lipinski definition) is 6. The lowest BCUT2D eigenvalue weighted by Gasteiger charge is -2.34. The minimum Gasteiger partial charge on any atom is -0.466 e. The molecule has 2 aliphatic rings.